The number of halogens is 2. The normalized spacial score (nSPS) is 18.8. The number of likely N-dealkylation sites (tertiary alicyclic amines) is 1. The maximum atomic E-state index is 14.5. The van der Waals surface area contributed by atoms with E-state index in [0.717, 1.165) is 39.9 Å². The average Bonchev–Trinajstić information content (AvgIpc) is 3.50. The lowest BCUT2D eigenvalue weighted by molar-refractivity contribution is -0.145. The number of carbonyl (C=O) groups is 3. The van der Waals surface area contributed by atoms with Gasteiger partial charge in [0.25, 0.3) is 5.91 Å². The highest BCUT2D eigenvalue weighted by atomic mass is 79.9. The van der Waals surface area contributed by atoms with Gasteiger partial charge in [-0.2, -0.15) is 0 Å². The number of hydrogen-bond donors (Lipinski definition) is 3. The van der Waals surface area contributed by atoms with Gasteiger partial charge in [0.15, 0.2) is 5.67 Å². The number of hydrogen-bond acceptors (Lipinski definition) is 7. The predicted octanol–water partition coefficient (Wildman–Crippen LogP) is 7.79. The Labute approximate surface area is 316 Å². The zero-order valence-corrected chi connectivity index (χ0v) is 33.3. The van der Waals surface area contributed by atoms with Crippen molar-refractivity contribution in [2.75, 3.05) is 18.5 Å². The van der Waals surface area contributed by atoms with E-state index >= 15 is 0 Å². The fraction of sp³-hybridized carbons (Fsp3) is 0.692. The molecule has 1 aromatic heterocycles. The summed E-state index contributed by atoms with van der Waals surface area (Å²) >= 11 is 5.07. The number of alkyl halides is 2. The van der Waals surface area contributed by atoms with E-state index in [-0.39, 0.29) is 32.4 Å². The molecule has 0 unspecified atom stereocenters. The molecule has 2 fully saturated rings. The van der Waals surface area contributed by atoms with Crippen molar-refractivity contribution in [1.29, 1.82) is 0 Å². The highest BCUT2D eigenvalue weighted by Gasteiger charge is 2.53. The topological polar surface area (TPSA) is 121 Å². The standard InChI is InChI=1S/C39H58BrFN4O5S/c1-27-33(51-26-43-27)28-16-17-29(32(22-28)50-21-15-13-11-9-7-5-6-8-10-12-14-20-40)24-42-35(47)31-23-30(46)25-45(31)36(48)34(38(2,3)4)44-37(49)39(41)18-19-39/h16-17,22,26,30-31,34,46H,5-15,18-21,23-25H2,1-4H3,(H,42,47)(H,44,49)/t30-,31+,34-/m1/s1. The molecular formula is C39H58BrFN4O5S. The average molecular weight is 794 g/mol. The van der Waals surface area contributed by atoms with Gasteiger partial charge in [0.2, 0.25) is 11.8 Å². The molecule has 0 spiro atoms. The summed E-state index contributed by atoms with van der Waals surface area (Å²) in [6.07, 6.45) is 13.1. The molecule has 3 atom stereocenters. The predicted molar refractivity (Wildman–Crippen MR) is 205 cm³/mol. The van der Waals surface area contributed by atoms with Crippen molar-refractivity contribution in [3.8, 4) is 16.2 Å². The molecule has 9 nitrogen and oxygen atoms in total. The van der Waals surface area contributed by atoms with Gasteiger partial charge in [0.05, 0.1) is 28.8 Å². The van der Waals surface area contributed by atoms with Gasteiger partial charge in [-0.3, -0.25) is 14.4 Å². The first-order chi connectivity index (χ1) is 24.3. The Bertz CT molecular complexity index is 1440. The van der Waals surface area contributed by atoms with Crippen molar-refractivity contribution in [2.24, 2.45) is 5.41 Å². The van der Waals surface area contributed by atoms with Crippen LogP contribution in [-0.4, -0.2) is 75.1 Å². The Balaban J connectivity index is 1.33. The lowest BCUT2D eigenvalue weighted by atomic mass is 9.85. The van der Waals surface area contributed by atoms with Crippen molar-refractivity contribution in [3.63, 3.8) is 0 Å². The Morgan fingerprint density at radius 1 is 1.06 bits per heavy atom. The number of thiazole rings is 1. The molecule has 3 amide bonds. The molecule has 12 heteroatoms. The zero-order chi connectivity index (χ0) is 37.0. The minimum Gasteiger partial charge on any atom is -0.493 e. The number of aryl methyl sites for hydroxylation is 1. The maximum Gasteiger partial charge on any atom is 0.258 e. The van der Waals surface area contributed by atoms with E-state index in [1.165, 1.54) is 62.7 Å². The highest BCUT2D eigenvalue weighted by Crippen LogP contribution is 2.40. The van der Waals surface area contributed by atoms with Gasteiger partial charge in [-0.25, -0.2) is 9.37 Å². The van der Waals surface area contributed by atoms with Gasteiger partial charge < -0.3 is 25.4 Å². The summed E-state index contributed by atoms with van der Waals surface area (Å²) in [6.45, 7) is 8.01. The largest absolute Gasteiger partial charge is 0.493 e. The Morgan fingerprint density at radius 2 is 1.69 bits per heavy atom. The molecule has 0 radical (unpaired) electrons. The maximum absolute atomic E-state index is 14.5. The molecule has 3 N–H and O–H groups in total. The van der Waals surface area contributed by atoms with Crippen LogP contribution in [0.15, 0.2) is 23.7 Å². The number of benzene rings is 1. The first kappa shape index (κ1) is 41.2. The number of rotatable bonds is 21. The van der Waals surface area contributed by atoms with Crippen molar-refractivity contribution >= 4 is 45.0 Å². The smallest absolute Gasteiger partial charge is 0.258 e. The minimum atomic E-state index is -1.94. The summed E-state index contributed by atoms with van der Waals surface area (Å²) < 4.78 is 20.9. The van der Waals surface area contributed by atoms with Crippen molar-refractivity contribution in [1.82, 2.24) is 20.5 Å². The van der Waals surface area contributed by atoms with E-state index in [4.69, 9.17) is 4.74 Å². The molecule has 284 valence electrons. The molecule has 1 aliphatic carbocycles. The fourth-order valence-corrected chi connectivity index (χ4v) is 7.74. The number of nitrogens with one attached hydrogen (secondary N) is 2. The van der Waals surface area contributed by atoms with E-state index in [1.54, 1.807) is 32.1 Å². The van der Waals surface area contributed by atoms with Crippen molar-refractivity contribution in [3.05, 3.63) is 35.0 Å². The number of nitrogens with zero attached hydrogens (tertiary/aromatic N) is 2. The van der Waals surface area contributed by atoms with Gasteiger partial charge in [0, 0.05) is 30.4 Å². The number of carbonyl (C=O) groups excluding carboxylic acids is 3. The van der Waals surface area contributed by atoms with E-state index in [9.17, 15) is 23.9 Å². The summed E-state index contributed by atoms with van der Waals surface area (Å²) in [5.41, 5.74) is 1.89. The summed E-state index contributed by atoms with van der Waals surface area (Å²) in [6, 6.07) is 3.97. The molecule has 1 saturated heterocycles. The zero-order valence-electron chi connectivity index (χ0n) is 30.9. The highest BCUT2D eigenvalue weighted by molar-refractivity contribution is 9.09. The molecule has 2 aromatic rings. The van der Waals surface area contributed by atoms with Crippen LogP contribution in [0.4, 0.5) is 4.39 Å². The summed E-state index contributed by atoms with van der Waals surface area (Å²) in [5.74, 6) is -1.03. The molecule has 2 heterocycles. The van der Waals surface area contributed by atoms with Crippen LogP contribution < -0.4 is 15.4 Å². The van der Waals surface area contributed by atoms with Gasteiger partial charge >= 0.3 is 0 Å². The molecule has 51 heavy (non-hydrogen) atoms. The number of amides is 3. The summed E-state index contributed by atoms with van der Waals surface area (Å²) in [7, 11) is 0. The number of β-amino-alcohol motifs (C(OH)–C–C–N with tert-alkyl or cyclic N) is 1. The Morgan fingerprint density at radius 3 is 2.25 bits per heavy atom. The molecule has 4 rings (SSSR count). The van der Waals surface area contributed by atoms with Crippen LogP contribution in [0.3, 0.4) is 0 Å². The lowest BCUT2D eigenvalue weighted by Gasteiger charge is -2.35. The molecule has 1 aliphatic heterocycles. The third-order valence-electron chi connectivity index (χ3n) is 9.91. The van der Waals surface area contributed by atoms with Crippen LogP contribution in [0.2, 0.25) is 0 Å². The number of aromatic nitrogens is 1. The third kappa shape index (κ3) is 12.2. The lowest BCUT2D eigenvalue weighted by Crippen LogP contribution is -2.59. The SMILES string of the molecule is Cc1ncsc1-c1ccc(CNC(=O)[C@@H]2C[C@@H](O)CN2C(=O)[C@@H](NC(=O)C2(F)CC2)C(C)(C)C)c(OCCCCCCCCCCCCCBr)c1. The van der Waals surface area contributed by atoms with E-state index in [2.05, 4.69) is 31.5 Å². The monoisotopic (exact) mass is 792 g/mol. The third-order valence-corrected chi connectivity index (χ3v) is 11.5. The Kier molecular flexibility index (Phi) is 15.7. The number of unbranched alkanes of at least 4 members (excludes halogenated alkanes) is 10. The van der Waals surface area contributed by atoms with Crippen LogP contribution in [0.25, 0.3) is 10.4 Å². The first-order valence-electron chi connectivity index (χ1n) is 18.8. The number of ether oxygens (including phenoxy) is 1. The van der Waals surface area contributed by atoms with Crippen LogP contribution in [-0.2, 0) is 20.9 Å². The van der Waals surface area contributed by atoms with Crippen LogP contribution in [0, 0.1) is 12.3 Å². The Hall–Kier alpha value is -2.57. The van der Waals surface area contributed by atoms with Crippen molar-refractivity contribution < 1.29 is 28.6 Å². The number of aliphatic hydroxyl groups excluding tert-OH is 1. The van der Waals surface area contributed by atoms with Gasteiger partial charge in [-0.15, -0.1) is 11.3 Å². The molecular weight excluding hydrogens is 735 g/mol. The second kappa shape index (κ2) is 19.5. The van der Waals surface area contributed by atoms with Gasteiger partial charge in [-0.1, -0.05) is 107 Å². The summed E-state index contributed by atoms with van der Waals surface area (Å²) in [5, 5.41) is 17.2. The second-order valence-electron chi connectivity index (χ2n) is 15.4. The van der Waals surface area contributed by atoms with Crippen LogP contribution in [0.1, 0.15) is 122 Å². The van der Waals surface area contributed by atoms with Crippen LogP contribution in [0.5, 0.6) is 5.75 Å². The quantitative estimate of drug-likeness (QED) is 0.0877. The first-order valence-corrected chi connectivity index (χ1v) is 20.8. The molecule has 0 bridgehead atoms. The molecule has 2 aliphatic rings. The minimum absolute atomic E-state index is 0.0466. The van der Waals surface area contributed by atoms with E-state index < -0.39 is 47.0 Å². The number of aliphatic hydroxyl groups is 1. The van der Waals surface area contributed by atoms with Gasteiger partial charge in [0.1, 0.15) is 17.8 Å². The van der Waals surface area contributed by atoms with E-state index in [0.29, 0.717) is 12.4 Å². The van der Waals surface area contributed by atoms with E-state index in [1.807, 2.05) is 30.6 Å². The van der Waals surface area contributed by atoms with Crippen molar-refractivity contribution in [2.45, 2.75) is 148 Å². The molecule has 1 aromatic carbocycles. The summed E-state index contributed by atoms with van der Waals surface area (Å²) in [4.78, 5) is 46.8. The van der Waals surface area contributed by atoms with Crippen LogP contribution >= 0.6 is 27.3 Å². The second-order valence-corrected chi connectivity index (χ2v) is 17.0. The van der Waals surface area contributed by atoms with Gasteiger partial charge in [-0.05, 0) is 49.7 Å². The molecule has 1 saturated carbocycles. The fourth-order valence-electron chi connectivity index (χ4n) is 6.54.